The molecule has 0 saturated carbocycles. The van der Waals surface area contributed by atoms with Crippen LogP contribution in [-0.2, 0) is 6.54 Å². The van der Waals surface area contributed by atoms with Crippen molar-refractivity contribution in [1.29, 1.82) is 0 Å². The Bertz CT molecular complexity index is 588. The van der Waals surface area contributed by atoms with Gasteiger partial charge in [0.15, 0.2) is 0 Å². The minimum atomic E-state index is -0.462. The maximum Gasteiger partial charge on any atom is 0.329 e. The third kappa shape index (κ3) is 3.21. The molecule has 2 aromatic heterocycles. The van der Waals surface area contributed by atoms with Gasteiger partial charge in [-0.1, -0.05) is 6.07 Å². The molecule has 0 radical (unpaired) electrons. The molecule has 1 N–H and O–H groups in total. The maximum absolute atomic E-state index is 11.1. The highest BCUT2D eigenvalue weighted by atomic mass is 32.1. The Morgan fingerprint density at radius 2 is 2.35 bits per heavy atom. The van der Waals surface area contributed by atoms with Crippen LogP contribution in [0.15, 0.2) is 23.7 Å². The fourth-order valence-corrected chi connectivity index (χ4v) is 2.49. The normalized spacial score (nSPS) is 10.3. The SMILES string of the molecule is CCNc1ncc([N+](=O)[O-])c(N(C)Cc2cccs2)n1. The van der Waals surface area contributed by atoms with Crippen LogP contribution in [0.3, 0.4) is 0 Å². The first-order valence-corrected chi connectivity index (χ1v) is 6.98. The van der Waals surface area contributed by atoms with Gasteiger partial charge in [0.2, 0.25) is 11.8 Å². The van der Waals surface area contributed by atoms with Crippen molar-refractivity contribution in [2.45, 2.75) is 13.5 Å². The summed E-state index contributed by atoms with van der Waals surface area (Å²) >= 11 is 1.60. The Morgan fingerprint density at radius 1 is 1.55 bits per heavy atom. The van der Waals surface area contributed by atoms with Crippen molar-refractivity contribution in [3.05, 3.63) is 38.7 Å². The Labute approximate surface area is 120 Å². The van der Waals surface area contributed by atoms with Crippen LogP contribution in [-0.4, -0.2) is 28.5 Å². The first kappa shape index (κ1) is 14.2. The molecule has 2 heterocycles. The predicted octanol–water partition coefficient (Wildman–Crippen LogP) is 2.51. The molecule has 20 heavy (non-hydrogen) atoms. The van der Waals surface area contributed by atoms with Crippen LogP contribution in [0.1, 0.15) is 11.8 Å². The van der Waals surface area contributed by atoms with E-state index in [1.165, 1.54) is 6.20 Å². The number of thiophene rings is 1. The third-order valence-corrected chi connectivity index (χ3v) is 3.48. The zero-order chi connectivity index (χ0) is 14.5. The van der Waals surface area contributed by atoms with Gasteiger partial charge in [-0.3, -0.25) is 10.1 Å². The Kier molecular flexibility index (Phi) is 4.46. The number of aromatic nitrogens is 2. The van der Waals surface area contributed by atoms with Gasteiger partial charge in [-0.2, -0.15) is 4.98 Å². The van der Waals surface area contributed by atoms with E-state index in [1.807, 2.05) is 24.4 Å². The van der Waals surface area contributed by atoms with Gasteiger partial charge in [0.1, 0.15) is 6.20 Å². The average molecular weight is 293 g/mol. The number of nitrogens with zero attached hydrogens (tertiary/aromatic N) is 4. The summed E-state index contributed by atoms with van der Waals surface area (Å²) < 4.78 is 0. The predicted molar refractivity (Wildman–Crippen MR) is 79.3 cm³/mol. The number of anilines is 2. The molecule has 7 nitrogen and oxygen atoms in total. The molecular weight excluding hydrogens is 278 g/mol. The van der Waals surface area contributed by atoms with E-state index in [2.05, 4.69) is 15.3 Å². The van der Waals surface area contributed by atoms with E-state index in [-0.39, 0.29) is 5.69 Å². The summed E-state index contributed by atoms with van der Waals surface area (Å²) in [6.45, 7) is 3.15. The molecule has 0 unspecified atom stereocenters. The van der Waals surface area contributed by atoms with Crippen molar-refractivity contribution in [3.8, 4) is 0 Å². The van der Waals surface area contributed by atoms with Gasteiger partial charge >= 0.3 is 5.69 Å². The number of hydrogen-bond acceptors (Lipinski definition) is 7. The van der Waals surface area contributed by atoms with Crippen molar-refractivity contribution >= 4 is 28.8 Å². The van der Waals surface area contributed by atoms with Crippen LogP contribution in [0, 0.1) is 10.1 Å². The topological polar surface area (TPSA) is 84.2 Å². The quantitative estimate of drug-likeness (QED) is 0.650. The Hall–Kier alpha value is -2.22. The average Bonchev–Trinajstić information content (AvgIpc) is 2.91. The fourth-order valence-electron chi connectivity index (χ4n) is 1.73. The molecule has 0 aliphatic rings. The highest BCUT2D eigenvalue weighted by Crippen LogP contribution is 2.27. The van der Waals surface area contributed by atoms with E-state index in [1.54, 1.807) is 23.3 Å². The number of nitro groups is 1. The van der Waals surface area contributed by atoms with Crippen molar-refractivity contribution < 1.29 is 4.92 Å². The van der Waals surface area contributed by atoms with E-state index >= 15 is 0 Å². The minimum absolute atomic E-state index is 0.0919. The van der Waals surface area contributed by atoms with Crippen LogP contribution in [0.25, 0.3) is 0 Å². The number of hydrogen-bond donors (Lipinski definition) is 1. The second-order valence-electron chi connectivity index (χ2n) is 4.13. The zero-order valence-corrected chi connectivity index (χ0v) is 12.1. The second kappa shape index (κ2) is 6.29. The smallest absolute Gasteiger partial charge is 0.329 e. The summed E-state index contributed by atoms with van der Waals surface area (Å²) in [5.41, 5.74) is -0.0919. The van der Waals surface area contributed by atoms with Crippen LogP contribution >= 0.6 is 11.3 Å². The van der Waals surface area contributed by atoms with Gasteiger partial charge in [0, 0.05) is 18.5 Å². The largest absolute Gasteiger partial charge is 0.354 e. The number of rotatable bonds is 6. The molecule has 0 aliphatic heterocycles. The molecule has 0 spiro atoms. The molecule has 2 aromatic rings. The van der Waals surface area contributed by atoms with Crippen molar-refractivity contribution in [1.82, 2.24) is 9.97 Å². The van der Waals surface area contributed by atoms with Crippen LogP contribution < -0.4 is 10.2 Å². The fraction of sp³-hybridized carbons (Fsp3) is 0.333. The minimum Gasteiger partial charge on any atom is -0.354 e. The molecule has 0 saturated heterocycles. The Balaban J connectivity index is 2.30. The van der Waals surface area contributed by atoms with Gasteiger partial charge in [-0.15, -0.1) is 11.3 Å². The molecule has 8 heteroatoms. The Morgan fingerprint density at radius 3 is 2.95 bits per heavy atom. The second-order valence-corrected chi connectivity index (χ2v) is 5.16. The molecule has 0 amide bonds. The van der Waals surface area contributed by atoms with Crippen LogP contribution in [0.5, 0.6) is 0 Å². The van der Waals surface area contributed by atoms with Gasteiger partial charge in [0.05, 0.1) is 11.5 Å². The number of nitrogens with one attached hydrogen (secondary N) is 1. The maximum atomic E-state index is 11.1. The van der Waals surface area contributed by atoms with Crippen LogP contribution in [0.4, 0.5) is 17.5 Å². The van der Waals surface area contributed by atoms with Crippen LogP contribution in [0.2, 0.25) is 0 Å². The lowest BCUT2D eigenvalue weighted by atomic mass is 10.4. The summed E-state index contributed by atoms with van der Waals surface area (Å²) in [5, 5.41) is 16.0. The lowest BCUT2D eigenvalue weighted by molar-refractivity contribution is -0.384. The van der Waals surface area contributed by atoms with E-state index in [9.17, 15) is 10.1 Å². The van der Waals surface area contributed by atoms with Gasteiger partial charge in [-0.25, -0.2) is 4.98 Å². The highest BCUT2D eigenvalue weighted by molar-refractivity contribution is 7.09. The third-order valence-electron chi connectivity index (χ3n) is 2.62. The van der Waals surface area contributed by atoms with Crippen molar-refractivity contribution in [2.75, 3.05) is 23.8 Å². The first-order valence-electron chi connectivity index (χ1n) is 6.10. The van der Waals surface area contributed by atoms with E-state index < -0.39 is 4.92 Å². The van der Waals surface area contributed by atoms with E-state index in [0.717, 1.165) is 4.88 Å². The zero-order valence-electron chi connectivity index (χ0n) is 11.2. The van der Waals surface area contributed by atoms with Gasteiger partial charge < -0.3 is 10.2 Å². The van der Waals surface area contributed by atoms with E-state index in [0.29, 0.717) is 24.9 Å². The molecule has 0 aromatic carbocycles. The van der Waals surface area contributed by atoms with Crippen molar-refractivity contribution in [2.24, 2.45) is 0 Å². The lowest BCUT2D eigenvalue weighted by Crippen LogP contribution is -2.19. The summed E-state index contributed by atoms with van der Waals surface area (Å²) in [5.74, 6) is 0.709. The summed E-state index contributed by atoms with van der Waals surface area (Å²) in [6.07, 6.45) is 1.24. The highest BCUT2D eigenvalue weighted by Gasteiger charge is 2.21. The standard InChI is InChI=1S/C12H15N5O2S/c1-3-13-12-14-7-10(17(18)19)11(15-12)16(2)8-9-5-4-6-20-9/h4-7H,3,8H2,1-2H3,(H,13,14,15). The van der Waals surface area contributed by atoms with Gasteiger partial charge in [-0.05, 0) is 18.4 Å². The molecule has 2 rings (SSSR count). The molecule has 106 valence electrons. The molecule has 0 bridgehead atoms. The summed E-state index contributed by atoms with van der Waals surface area (Å²) in [4.78, 5) is 21.7. The lowest BCUT2D eigenvalue weighted by Gasteiger charge is -2.17. The van der Waals surface area contributed by atoms with Gasteiger partial charge in [0.25, 0.3) is 0 Å². The monoisotopic (exact) mass is 293 g/mol. The molecule has 0 fully saturated rings. The van der Waals surface area contributed by atoms with Crippen molar-refractivity contribution in [3.63, 3.8) is 0 Å². The first-order chi connectivity index (χ1) is 9.61. The summed E-state index contributed by atoms with van der Waals surface area (Å²) in [6, 6.07) is 3.94. The molecule has 0 aliphatic carbocycles. The van der Waals surface area contributed by atoms with E-state index in [4.69, 9.17) is 0 Å². The molecule has 0 atom stereocenters. The summed E-state index contributed by atoms with van der Waals surface area (Å²) in [7, 11) is 1.78. The molecular formula is C12H15N5O2S.